The molecule has 2 aromatic carbocycles. The first-order chi connectivity index (χ1) is 12.1. The van der Waals surface area contributed by atoms with Gasteiger partial charge in [-0.05, 0) is 47.9 Å². The molecule has 128 valence electrons. The van der Waals surface area contributed by atoms with Crippen molar-refractivity contribution < 1.29 is 23.8 Å². The highest BCUT2D eigenvalue weighted by atomic mass is 16.6. The number of carbonyl (C=O) groups is 2. The van der Waals surface area contributed by atoms with Crippen molar-refractivity contribution >= 4 is 18.0 Å². The zero-order valence-corrected chi connectivity index (χ0v) is 13.9. The Morgan fingerprint density at radius 2 is 1.88 bits per heavy atom. The number of esters is 2. The highest BCUT2D eigenvalue weighted by Gasteiger charge is 2.12. The lowest BCUT2D eigenvalue weighted by atomic mass is 10.1. The third-order valence-electron chi connectivity index (χ3n) is 3.64. The molecule has 0 amide bonds. The fourth-order valence-corrected chi connectivity index (χ4v) is 2.44. The Morgan fingerprint density at radius 3 is 2.64 bits per heavy atom. The minimum Gasteiger partial charge on any atom is -0.461 e. The SMILES string of the molecule is CC(=O)Oc1ccc2cc1Oc1ccc(cc1)/C=C\COC(=O)CC2. The maximum atomic E-state index is 11.8. The van der Waals surface area contributed by atoms with Crippen LogP contribution < -0.4 is 9.47 Å². The van der Waals surface area contributed by atoms with Gasteiger partial charge in [0.15, 0.2) is 11.5 Å². The van der Waals surface area contributed by atoms with E-state index in [4.69, 9.17) is 14.2 Å². The predicted molar refractivity (Wildman–Crippen MR) is 92.6 cm³/mol. The fourth-order valence-electron chi connectivity index (χ4n) is 2.44. The van der Waals surface area contributed by atoms with Crippen LogP contribution in [0.5, 0.6) is 17.2 Å². The fraction of sp³-hybridized carbons (Fsp3) is 0.200. The lowest BCUT2D eigenvalue weighted by Crippen LogP contribution is -2.06. The molecule has 4 rings (SSSR count). The monoisotopic (exact) mass is 338 g/mol. The molecule has 0 saturated carbocycles. The lowest BCUT2D eigenvalue weighted by Gasteiger charge is -2.12. The van der Waals surface area contributed by atoms with Crippen LogP contribution in [-0.2, 0) is 20.7 Å². The molecule has 25 heavy (non-hydrogen) atoms. The van der Waals surface area contributed by atoms with Crippen LogP contribution in [0.4, 0.5) is 0 Å². The summed E-state index contributed by atoms with van der Waals surface area (Å²) in [5.74, 6) is 0.713. The molecule has 2 heterocycles. The van der Waals surface area contributed by atoms with Crippen molar-refractivity contribution in [1.82, 2.24) is 0 Å². The Hall–Kier alpha value is -3.08. The van der Waals surface area contributed by atoms with Gasteiger partial charge in [-0.1, -0.05) is 24.3 Å². The van der Waals surface area contributed by atoms with Gasteiger partial charge in [-0.15, -0.1) is 0 Å². The van der Waals surface area contributed by atoms with Crippen LogP contribution in [0.1, 0.15) is 24.5 Å². The average molecular weight is 338 g/mol. The van der Waals surface area contributed by atoms with Crippen LogP contribution in [0.3, 0.4) is 0 Å². The molecule has 0 spiro atoms. The molecule has 0 aliphatic carbocycles. The van der Waals surface area contributed by atoms with E-state index < -0.39 is 5.97 Å². The normalized spacial score (nSPS) is 15.3. The summed E-state index contributed by atoms with van der Waals surface area (Å²) in [5.41, 5.74) is 1.86. The van der Waals surface area contributed by atoms with Crippen molar-refractivity contribution in [2.75, 3.05) is 6.61 Å². The molecule has 2 aromatic rings. The smallest absolute Gasteiger partial charge is 0.308 e. The Kier molecular flexibility index (Phi) is 5.14. The highest BCUT2D eigenvalue weighted by molar-refractivity contribution is 5.71. The number of ether oxygens (including phenoxy) is 3. The molecular weight excluding hydrogens is 320 g/mol. The maximum absolute atomic E-state index is 11.8. The van der Waals surface area contributed by atoms with Gasteiger partial charge in [-0.2, -0.15) is 0 Å². The number of hydrogen-bond acceptors (Lipinski definition) is 5. The van der Waals surface area contributed by atoms with Gasteiger partial charge in [0, 0.05) is 13.3 Å². The molecule has 0 aromatic heterocycles. The van der Waals surface area contributed by atoms with Crippen molar-refractivity contribution in [3.8, 4) is 17.2 Å². The van der Waals surface area contributed by atoms with E-state index in [1.807, 2.05) is 30.3 Å². The summed E-state index contributed by atoms with van der Waals surface area (Å²) in [7, 11) is 0. The molecule has 0 atom stereocenters. The van der Waals surface area contributed by atoms with E-state index in [1.54, 1.807) is 24.3 Å². The van der Waals surface area contributed by atoms with Crippen LogP contribution in [0.2, 0.25) is 0 Å². The van der Waals surface area contributed by atoms with E-state index in [1.165, 1.54) is 6.92 Å². The predicted octanol–water partition coefficient (Wildman–Crippen LogP) is 3.91. The van der Waals surface area contributed by atoms with Crippen molar-refractivity contribution in [3.63, 3.8) is 0 Å². The number of benzene rings is 2. The highest BCUT2D eigenvalue weighted by Crippen LogP contribution is 2.33. The summed E-state index contributed by atoms with van der Waals surface area (Å²) in [4.78, 5) is 23.1. The summed E-state index contributed by atoms with van der Waals surface area (Å²) in [6.07, 6.45) is 4.45. The molecule has 0 unspecified atom stereocenters. The Bertz CT molecular complexity index is 805. The Labute approximate surface area is 145 Å². The molecule has 0 fully saturated rings. The third-order valence-corrected chi connectivity index (χ3v) is 3.64. The van der Waals surface area contributed by atoms with Gasteiger partial charge < -0.3 is 14.2 Å². The maximum Gasteiger partial charge on any atom is 0.308 e. The van der Waals surface area contributed by atoms with Crippen LogP contribution in [-0.4, -0.2) is 18.5 Å². The van der Waals surface area contributed by atoms with Crippen molar-refractivity contribution in [1.29, 1.82) is 0 Å². The quantitative estimate of drug-likeness (QED) is 0.583. The molecule has 0 saturated heterocycles. The average Bonchev–Trinajstić information content (AvgIpc) is 2.60. The van der Waals surface area contributed by atoms with Gasteiger partial charge in [-0.25, -0.2) is 0 Å². The van der Waals surface area contributed by atoms with Crippen molar-refractivity contribution in [2.45, 2.75) is 19.8 Å². The molecular formula is C20H18O5. The minimum absolute atomic E-state index is 0.244. The minimum atomic E-state index is -0.424. The summed E-state index contributed by atoms with van der Waals surface area (Å²) in [6, 6.07) is 12.7. The largest absolute Gasteiger partial charge is 0.461 e. The summed E-state index contributed by atoms with van der Waals surface area (Å²) < 4.78 is 16.3. The van der Waals surface area contributed by atoms with E-state index in [0.717, 1.165) is 11.1 Å². The van der Waals surface area contributed by atoms with Gasteiger partial charge in [0.25, 0.3) is 0 Å². The van der Waals surface area contributed by atoms with E-state index in [0.29, 0.717) is 23.7 Å². The first-order valence-electron chi connectivity index (χ1n) is 8.01. The third kappa shape index (κ3) is 4.70. The number of fused-ring (bicyclic) bond motifs is 7. The molecule has 4 bridgehead atoms. The number of rotatable bonds is 1. The molecule has 2 aliphatic rings. The standard InChI is InChI=1S/C20H18O5/c1-14(21)24-18-10-6-16-7-11-20(22)23-12-2-3-15-4-8-17(9-5-15)25-19(18)13-16/h2-6,8-10,13H,7,11-12H2,1H3/b3-2-. The van der Waals surface area contributed by atoms with Crippen LogP contribution in [0.15, 0.2) is 48.5 Å². The van der Waals surface area contributed by atoms with Crippen LogP contribution >= 0.6 is 0 Å². The second-order valence-corrected chi connectivity index (χ2v) is 5.63. The first-order valence-corrected chi connectivity index (χ1v) is 8.01. The molecule has 2 aliphatic heterocycles. The van der Waals surface area contributed by atoms with E-state index in [-0.39, 0.29) is 19.0 Å². The molecule has 5 heteroatoms. The topological polar surface area (TPSA) is 61.8 Å². The molecule has 5 nitrogen and oxygen atoms in total. The Morgan fingerprint density at radius 1 is 1.08 bits per heavy atom. The summed E-state index contributed by atoms with van der Waals surface area (Å²) in [6.45, 7) is 1.58. The Balaban J connectivity index is 1.96. The zero-order chi connectivity index (χ0) is 17.6. The number of aryl methyl sites for hydroxylation is 1. The van der Waals surface area contributed by atoms with Gasteiger partial charge in [0.05, 0.1) is 0 Å². The lowest BCUT2D eigenvalue weighted by molar-refractivity contribution is -0.142. The zero-order valence-electron chi connectivity index (χ0n) is 13.9. The number of hydrogen-bond donors (Lipinski definition) is 0. The van der Waals surface area contributed by atoms with Gasteiger partial charge >= 0.3 is 11.9 Å². The van der Waals surface area contributed by atoms with Crippen molar-refractivity contribution in [3.05, 3.63) is 59.7 Å². The second kappa shape index (κ2) is 7.66. The molecule has 0 radical (unpaired) electrons. The van der Waals surface area contributed by atoms with Gasteiger partial charge in [0.2, 0.25) is 0 Å². The van der Waals surface area contributed by atoms with Crippen molar-refractivity contribution in [2.24, 2.45) is 0 Å². The number of carbonyl (C=O) groups excluding carboxylic acids is 2. The summed E-state index contributed by atoms with van der Waals surface area (Å²) in [5, 5.41) is 0. The first kappa shape index (κ1) is 16.8. The second-order valence-electron chi connectivity index (χ2n) is 5.63. The van der Waals surface area contributed by atoms with Crippen LogP contribution in [0.25, 0.3) is 6.08 Å². The van der Waals surface area contributed by atoms with E-state index >= 15 is 0 Å². The van der Waals surface area contributed by atoms with E-state index in [9.17, 15) is 9.59 Å². The van der Waals surface area contributed by atoms with Crippen LogP contribution in [0, 0.1) is 0 Å². The van der Waals surface area contributed by atoms with Gasteiger partial charge in [0.1, 0.15) is 12.4 Å². The van der Waals surface area contributed by atoms with E-state index in [2.05, 4.69) is 0 Å². The summed E-state index contributed by atoms with van der Waals surface area (Å²) >= 11 is 0. The molecule has 0 N–H and O–H groups in total. The van der Waals surface area contributed by atoms with Gasteiger partial charge in [-0.3, -0.25) is 9.59 Å².